The van der Waals surface area contributed by atoms with Gasteiger partial charge in [0.2, 0.25) is 0 Å². The summed E-state index contributed by atoms with van der Waals surface area (Å²) >= 11 is 0. The van der Waals surface area contributed by atoms with Gasteiger partial charge in [-0.15, -0.1) is 0 Å². The van der Waals surface area contributed by atoms with Crippen LogP contribution in [0.4, 0.5) is 0 Å². The van der Waals surface area contributed by atoms with E-state index in [2.05, 4.69) is 76.3 Å². The Morgan fingerprint density at radius 3 is 1.56 bits per heavy atom. The zero-order chi connectivity index (χ0) is 29.4. The fourth-order valence-electron chi connectivity index (χ4n) is 7.23. The maximum atomic E-state index is 10.3. The lowest BCUT2D eigenvalue weighted by atomic mass is 9.68. The number of carboxylic acids is 1. The van der Waals surface area contributed by atoms with Crippen molar-refractivity contribution in [3.63, 3.8) is 0 Å². The van der Waals surface area contributed by atoms with Crippen molar-refractivity contribution in [3.8, 4) is 0 Å². The first-order valence-electron chi connectivity index (χ1n) is 15.8. The van der Waals surface area contributed by atoms with Crippen LogP contribution >= 0.6 is 0 Å². The molecule has 12 atom stereocenters. The number of aliphatic carboxylic acids is 1. The Bertz CT molecular complexity index is 723. The van der Waals surface area contributed by atoms with Gasteiger partial charge < -0.3 is 37.0 Å². The molecule has 39 heavy (non-hydrogen) atoms. The highest BCUT2D eigenvalue weighted by Gasteiger charge is 2.39. The number of nitrogens with zero attached hydrogens (tertiary/aromatic N) is 2. The normalized spacial score (nSPS) is 40.6. The molecule has 0 saturated heterocycles. The second-order valence-electron chi connectivity index (χ2n) is 13.7. The molecule has 230 valence electrons. The zero-order valence-corrected chi connectivity index (χ0v) is 26.7. The number of rotatable bonds is 11. The minimum absolute atomic E-state index is 0.325. The first kappa shape index (κ1) is 34.4. The van der Waals surface area contributed by atoms with E-state index in [1.54, 1.807) is 0 Å². The highest BCUT2D eigenvalue weighted by atomic mass is 16.4. The third-order valence-corrected chi connectivity index (χ3v) is 11.2. The highest BCUT2D eigenvalue weighted by molar-refractivity contribution is 5.66. The van der Waals surface area contributed by atoms with Gasteiger partial charge >= 0.3 is 5.97 Å². The first-order valence-corrected chi connectivity index (χ1v) is 15.8. The van der Waals surface area contributed by atoms with Gasteiger partial charge in [-0.25, -0.2) is 0 Å². The van der Waals surface area contributed by atoms with Crippen LogP contribution in [-0.4, -0.2) is 98.9 Å². The topological polar surface area (TPSA) is 120 Å². The lowest BCUT2D eigenvalue weighted by Crippen LogP contribution is -2.56. The third kappa shape index (κ3) is 9.37. The van der Waals surface area contributed by atoms with E-state index >= 15 is 0 Å². The summed E-state index contributed by atoms with van der Waals surface area (Å²) in [5.74, 6) is 3.81. The summed E-state index contributed by atoms with van der Waals surface area (Å²) in [5.41, 5.74) is 11.7. The Balaban J connectivity index is 0.000000220. The van der Waals surface area contributed by atoms with Gasteiger partial charge in [0.25, 0.3) is 0 Å². The zero-order valence-electron chi connectivity index (χ0n) is 26.7. The number of nitrogens with two attached hydrogens (primary N) is 2. The fourth-order valence-corrected chi connectivity index (χ4v) is 7.23. The van der Waals surface area contributed by atoms with Gasteiger partial charge in [0.05, 0.1) is 0 Å². The molecule has 8 heteroatoms. The Labute approximate surface area is 240 Å². The molecule has 8 nitrogen and oxygen atoms in total. The fraction of sp³-hybridized carbons (Fsp3) is 0.968. The van der Waals surface area contributed by atoms with Crippen molar-refractivity contribution in [2.75, 3.05) is 41.8 Å². The van der Waals surface area contributed by atoms with Gasteiger partial charge in [-0.05, 0) is 122 Å². The number of carbonyl (C=O) groups is 1. The Morgan fingerprint density at radius 2 is 1.23 bits per heavy atom. The molecule has 0 heterocycles. The Hall–Kier alpha value is -0.770. The van der Waals surface area contributed by atoms with E-state index in [0.29, 0.717) is 48.2 Å². The van der Waals surface area contributed by atoms with Crippen LogP contribution in [-0.2, 0) is 4.79 Å². The quantitative estimate of drug-likeness (QED) is 0.265. The average Bonchev–Trinajstić information content (AvgIpc) is 2.90. The second-order valence-corrected chi connectivity index (χ2v) is 13.7. The second kappa shape index (κ2) is 16.0. The first-order chi connectivity index (χ1) is 18.3. The predicted molar refractivity (Wildman–Crippen MR) is 164 cm³/mol. The van der Waals surface area contributed by atoms with E-state index in [-0.39, 0.29) is 0 Å². The molecule has 0 aromatic carbocycles. The molecule has 0 aromatic heterocycles. The number of hydrogen-bond donors (Lipinski definition) is 5. The van der Waals surface area contributed by atoms with E-state index in [0.717, 1.165) is 42.8 Å². The van der Waals surface area contributed by atoms with E-state index in [1.165, 1.54) is 38.6 Å². The van der Waals surface area contributed by atoms with Crippen molar-refractivity contribution < 1.29 is 9.90 Å². The Morgan fingerprint density at radius 1 is 0.769 bits per heavy atom. The van der Waals surface area contributed by atoms with Crippen molar-refractivity contribution in [1.29, 1.82) is 0 Å². The lowest BCUT2D eigenvalue weighted by Gasteiger charge is -2.46. The smallest absolute Gasteiger partial charge is 0.303 e. The standard InChI is InChI=1S/C15H31N3.C9H17NO2.C7H16N2/c1-10-12(8-14(10)17-3)6-5-7-18(4)15-9-13(16)11(15)2;1-6-7(3-4-9(11)12)5-8(6)10-2;1-5-6(8)4-7(5)9(2)3/h10-15,17H,5-9,16H2,1-4H3;6-8,10H,3-5H2,1-2H3,(H,11,12);5-7H,4,8H2,1-3H3. The van der Waals surface area contributed by atoms with E-state index < -0.39 is 5.97 Å². The summed E-state index contributed by atoms with van der Waals surface area (Å²) in [6, 6.07) is 3.77. The molecule has 0 radical (unpaired) electrons. The SMILES string of the molecule is CC1C(N)CC1N(C)C.CNC1CC(CCC(=O)O)C1C.CNC1CC(CCCN(C)C2CC(N)C2C)C1C. The van der Waals surface area contributed by atoms with Crippen LogP contribution in [0.25, 0.3) is 0 Å². The van der Waals surface area contributed by atoms with Crippen LogP contribution < -0.4 is 22.1 Å². The lowest BCUT2D eigenvalue weighted by molar-refractivity contribution is -0.137. The van der Waals surface area contributed by atoms with Crippen LogP contribution in [0.2, 0.25) is 0 Å². The minimum atomic E-state index is -0.671. The molecule has 4 fully saturated rings. The van der Waals surface area contributed by atoms with Crippen molar-refractivity contribution in [2.45, 2.75) is 115 Å². The van der Waals surface area contributed by atoms with E-state index in [4.69, 9.17) is 16.6 Å². The predicted octanol–water partition coefficient (Wildman–Crippen LogP) is 3.06. The maximum absolute atomic E-state index is 10.3. The molecule has 0 aromatic rings. The highest BCUT2D eigenvalue weighted by Crippen LogP contribution is 2.38. The molecular weight excluding hydrogens is 488 g/mol. The molecular formula is C31H64N6O2. The molecule has 4 aliphatic carbocycles. The van der Waals surface area contributed by atoms with Gasteiger partial charge in [-0.3, -0.25) is 4.79 Å². The van der Waals surface area contributed by atoms with Crippen LogP contribution in [0.15, 0.2) is 0 Å². The minimum Gasteiger partial charge on any atom is -0.481 e. The molecule has 0 bridgehead atoms. The molecule has 4 saturated carbocycles. The van der Waals surface area contributed by atoms with Crippen LogP contribution in [0, 0.1) is 35.5 Å². The van der Waals surface area contributed by atoms with Crippen molar-refractivity contribution in [1.82, 2.24) is 20.4 Å². The summed E-state index contributed by atoms with van der Waals surface area (Å²) in [7, 11) is 10.6. The van der Waals surface area contributed by atoms with Crippen molar-refractivity contribution in [2.24, 2.45) is 47.0 Å². The largest absolute Gasteiger partial charge is 0.481 e. The van der Waals surface area contributed by atoms with Crippen LogP contribution in [0.5, 0.6) is 0 Å². The molecule has 0 amide bonds. The average molecular weight is 553 g/mol. The van der Waals surface area contributed by atoms with Crippen molar-refractivity contribution >= 4 is 5.97 Å². The van der Waals surface area contributed by atoms with E-state index in [9.17, 15) is 4.79 Å². The monoisotopic (exact) mass is 553 g/mol. The van der Waals surface area contributed by atoms with Gasteiger partial charge in [0, 0.05) is 42.7 Å². The Kier molecular flexibility index (Phi) is 14.1. The molecule has 4 rings (SSSR count). The third-order valence-electron chi connectivity index (χ3n) is 11.2. The van der Waals surface area contributed by atoms with Gasteiger partial charge in [0.15, 0.2) is 0 Å². The van der Waals surface area contributed by atoms with Crippen LogP contribution in [0.1, 0.15) is 79.1 Å². The van der Waals surface area contributed by atoms with Crippen molar-refractivity contribution in [3.05, 3.63) is 0 Å². The molecule has 12 unspecified atom stereocenters. The van der Waals surface area contributed by atoms with Crippen LogP contribution in [0.3, 0.4) is 0 Å². The summed E-state index contributed by atoms with van der Waals surface area (Å²) in [6.07, 6.45) is 8.81. The summed E-state index contributed by atoms with van der Waals surface area (Å²) in [4.78, 5) is 15.1. The maximum Gasteiger partial charge on any atom is 0.303 e. The summed E-state index contributed by atoms with van der Waals surface area (Å²) in [6.45, 7) is 10.3. The van der Waals surface area contributed by atoms with Gasteiger partial charge in [0.1, 0.15) is 0 Å². The molecule has 7 N–H and O–H groups in total. The molecule has 0 spiro atoms. The number of carboxylic acid groups (broad SMARTS) is 1. The summed E-state index contributed by atoms with van der Waals surface area (Å²) < 4.78 is 0. The number of nitrogens with one attached hydrogen (secondary N) is 2. The van der Waals surface area contributed by atoms with Gasteiger partial charge in [-0.2, -0.15) is 0 Å². The van der Waals surface area contributed by atoms with Gasteiger partial charge in [-0.1, -0.05) is 27.7 Å². The van der Waals surface area contributed by atoms with E-state index in [1.807, 2.05) is 7.05 Å². The molecule has 4 aliphatic rings. The molecule has 0 aliphatic heterocycles. The number of hydrogen-bond acceptors (Lipinski definition) is 7. The summed E-state index contributed by atoms with van der Waals surface area (Å²) in [5, 5.41) is 15.1.